The minimum absolute atomic E-state index is 0.0286. The number of nitrogens with one attached hydrogen (secondary N) is 3. The van der Waals surface area contributed by atoms with E-state index < -0.39 is 17.1 Å². The molecule has 3 N–H and O–H groups in total. The van der Waals surface area contributed by atoms with Gasteiger partial charge in [-0.1, -0.05) is 35.9 Å². The number of halogens is 1. The molecule has 4 aromatic rings. The molecule has 4 aromatic carbocycles. The van der Waals surface area contributed by atoms with Crippen molar-refractivity contribution < 1.29 is 28.6 Å². The summed E-state index contributed by atoms with van der Waals surface area (Å²) in [6, 6.07) is 25.8. The first-order valence-electron chi connectivity index (χ1n) is 13.7. The van der Waals surface area contributed by atoms with Gasteiger partial charge in [0.05, 0.1) is 26.6 Å². The summed E-state index contributed by atoms with van der Waals surface area (Å²) in [5.41, 5.74) is 1.93. The first kappa shape index (κ1) is 33.0. The second-order valence-corrected chi connectivity index (χ2v) is 11.4. The molecule has 45 heavy (non-hydrogen) atoms. The van der Waals surface area contributed by atoms with E-state index in [1.807, 2.05) is 0 Å². The van der Waals surface area contributed by atoms with Crippen LogP contribution in [0.4, 0.5) is 11.4 Å². The topological polar surface area (TPSA) is 115 Å². The van der Waals surface area contributed by atoms with E-state index in [1.54, 1.807) is 97.9 Å². The Balaban J connectivity index is 1.53. The van der Waals surface area contributed by atoms with Crippen LogP contribution in [0.1, 0.15) is 22.8 Å². The van der Waals surface area contributed by atoms with Crippen LogP contribution in [0.25, 0.3) is 6.08 Å². The third kappa shape index (κ3) is 9.04. The van der Waals surface area contributed by atoms with Gasteiger partial charge in [-0.3, -0.25) is 14.4 Å². The Bertz CT molecular complexity index is 1700. The number of methoxy groups -OCH3 is 3. The molecule has 232 valence electrons. The summed E-state index contributed by atoms with van der Waals surface area (Å²) < 4.78 is 16.3. The van der Waals surface area contributed by atoms with E-state index in [-0.39, 0.29) is 11.6 Å². The SMILES string of the molecule is COc1cc(OC)c(OC)cc1/C=C(\NC(=O)c1ccccc1)C(=O)Nc1ccc(SC(C)C(=O)Nc2cccc(Cl)c2)cc1. The number of hydrogen-bond donors (Lipinski definition) is 3. The van der Waals surface area contributed by atoms with Gasteiger partial charge in [0.15, 0.2) is 11.5 Å². The van der Waals surface area contributed by atoms with Crippen molar-refractivity contribution in [3.63, 3.8) is 0 Å². The van der Waals surface area contributed by atoms with Gasteiger partial charge >= 0.3 is 0 Å². The quantitative estimate of drug-likeness (QED) is 0.113. The maximum atomic E-state index is 13.6. The van der Waals surface area contributed by atoms with E-state index in [4.69, 9.17) is 25.8 Å². The molecule has 4 rings (SSSR count). The summed E-state index contributed by atoms with van der Waals surface area (Å²) in [6.07, 6.45) is 1.50. The fourth-order valence-corrected chi connectivity index (χ4v) is 5.20. The van der Waals surface area contributed by atoms with E-state index in [1.165, 1.54) is 39.2 Å². The van der Waals surface area contributed by atoms with E-state index in [0.717, 1.165) is 4.90 Å². The van der Waals surface area contributed by atoms with Crippen molar-refractivity contribution in [1.29, 1.82) is 0 Å². The molecular formula is C34H32ClN3O6S. The van der Waals surface area contributed by atoms with Gasteiger partial charge in [-0.05, 0) is 73.7 Å². The van der Waals surface area contributed by atoms with Gasteiger partial charge in [-0.15, -0.1) is 11.8 Å². The van der Waals surface area contributed by atoms with Gasteiger partial charge in [0.2, 0.25) is 5.91 Å². The van der Waals surface area contributed by atoms with Crippen LogP contribution in [0.15, 0.2) is 102 Å². The first-order valence-corrected chi connectivity index (χ1v) is 15.0. The van der Waals surface area contributed by atoms with Gasteiger partial charge in [-0.25, -0.2) is 0 Å². The van der Waals surface area contributed by atoms with Gasteiger partial charge in [-0.2, -0.15) is 0 Å². The highest BCUT2D eigenvalue weighted by Gasteiger charge is 2.19. The Labute approximate surface area is 270 Å². The molecule has 0 saturated carbocycles. The predicted octanol–water partition coefficient (Wildman–Crippen LogP) is 6.89. The average molecular weight is 646 g/mol. The molecule has 0 aliphatic rings. The van der Waals surface area contributed by atoms with Crippen molar-refractivity contribution in [2.45, 2.75) is 17.1 Å². The second kappa shape index (κ2) is 15.7. The molecular weight excluding hydrogens is 614 g/mol. The normalized spacial score (nSPS) is 11.6. The van der Waals surface area contributed by atoms with Crippen molar-refractivity contribution in [3.8, 4) is 17.2 Å². The number of anilines is 2. The second-order valence-electron chi connectivity index (χ2n) is 9.57. The third-order valence-electron chi connectivity index (χ3n) is 6.45. The molecule has 1 atom stereocenters. The van der Waals surface area contributed by atoms with E-state index in [0.29, 0.717) is 44.8 Å². The number of hydrogen-bond acceptors (Lipinski definition) is 7. The molecule has 0 spiro atoms. The Hall–Kier alpha value is -4.93. The van der Waals surface area contributed by atoms with Crippen LogP contribution in [0.3, 0.4) is 0 Å². The molecule has 0 fully saturated rings. The number of carbonyl (C=O) groups is 3. The monoisotopic (exact) mass is 645 g/mol. The Kier molecular flexibility index (Phi) is 11.5. The van der Waals surface area contributed by atoms with Crippen molar-refractivity contribution in [2.75, 3.05) is 32.0 Å². The van der Waals surface area contributed by atoms with Crippen LogP contribution in [-0.2, 0) is 9.59 Å². The molecule has 9 nitrogen and oxygen atoms in total. The zero-order valence-corrected chi connectivity index (χ0v) is 26.6. The molecule has 11 heteroatoms. The zero-order chi connectivity index (χ0) is 32.3. The molecule has 0 aromatic heterocycles. The number of ether oxygens (including phenoxy) is 3. The minimum atomic E-state index is -0.564. The van der Waals surface area contributed by atoms with Crippen LogP contribution in [0.5, 0.6) is 17.2 Å². The summed E-state index contributed by atoms with van der Waals surface area (Å²) in [4.78, 5) is 40.1. The van der Waals surface area contributed by atoms with E-state index in [2.05, 4.69) is 16.0 Å². The van der Waals surface area contributed by atoms with Crippen LogP contribution in [0, 0.1) is 0 Å². The highest BCUT2D eigenvalue weighted by Crippen LogP contribution is 2.36. The highest BCUT2D eigenvalue weighted by molar-refractivity contribution is 8.00. The summed E-state index contributed by atoms with van der Waals surface area (Å²) in [7, 11) is 4.49. The molecule has 1 unspecified atom stereocenters. The van der Waals surface area contributed by atoms with Crippen molar-refractivity contribution >= 4 is 58.5 Å². The lowest BCUT2D eigenvalue weighted by atomic mass is 10.1. The standard InChI is InChI=1S/C34H32ClN3O6S/c1-21(32(39)37-26-12-8-11-24(35)19-26)45-27-15-13-25(14-16-27)36-34(41)28(38-33(40)22-9-6-5-7-10-22)17-23-18-30(43-3)31(44-4)20-29(23)42-2/h5-21H,1-4H3,(H,36,41)(H,37,39)(H,38,40)/b28-17-. The summed E-state index contributed by atoms with van der Waals surface area (Å²) in [5, 5.41) is 8.54. The largest absolute Gasteiger partial charge is 0.496 e. The number of rotatable bonds is 12. The maximum absolute atomic E-state index is 13.6. The first-order chi connectivity index (χ1) is 21.7. The smallest absolute Gasteiger partial charge is 0.272 e. The van der Waals surface area contributed by atoms with Gasteiger partial charge in [0.1, 0.15) is 11.4 Å². The third-order valence-corrected chi connectivity index (χ3v) is 7.80. The number of thioether (sulfide) groups is 1. The Morgan fingerprint density at radius 1 is 0.756 bits per heavy atom. The lowest BCUT2D eigenvalue weighted by Gasteiger charge is -2.15. The molecule has 0 aliphatic carbocycles. The summed E-state index contributed by atoms with van der Waals surface area (Å²) >= 11 is 7.38. The fourth-order valence-electron chi connectivity index (χ4n) is 4.15. The van der Waals surface area contributed by atoms with Crippen molar-refractivity contribution in [3.05, 3.63) is 113 Å². The average Bonchev–Trinajstić information content (AvgIpc) is 3.05. The maximum Gasteiger partial charge on any atom is 0.272 e. The van der Waals surface area contributed by atoms with Crippen molar-refractivity contribution in [2.24, 2.45) is 0 Å². The van der Waals surface area contributed by atoms with Gasteiger partial charge < -0.3 is 30.2 Å². The predicted molar refractivity (Wildman–Crippen MR) is 178 cm³/mol. The van der Waals surface area contributed by atoms with E-state index >= 15 is 0 Å². The molecule has 0 radical (unpaired) electrons. The minimum Gasteiger partial charge on any atom is -0.496 e. The Morgan fingerprint density at radius 3 is 2.07 bits per heavy atom. The van der Waals surface area contributed by atoms with Crippen molar-refractivity contribution in [1.82, 2.24) is 5.32 Å². The molecule has 3 amide bonds. The molecule has 0 heterocycles. The zero-order valence-electron chi connectivity index (χ0n) is 25.1. The summed E-state index contributed by atoms with van der Waals surface area (Å²) in [6.45, 7) is 1.80. The number of carbonyl (C=O) groups excluding carboxylic acids is 3. The fraction of sp³-hybridized carbons (Fsp3) is 0.147. The van der Waals surface area contributed by atoms with Crippen LogP contribution < -0.4 is 30.2 Å². The number of benzene rings is 4. The summed E-state index contributed by atoms with van der Waals surface area (Å²) in [5.74, 6) is 0.0669. The lowest BCUT2D eigenvalue weighted by molar-refractivity contribution is -0.115. The van der Waals surface area contributed by atoms with Crippen LogP contribution in [0.2, 0.25) is 5.02 Å². The Morgan fingerprint density at radius 2 is 1.42 bits per heavy atom. The highest BCUT2D eigenvalue weighted by atomic mass is 35.5. The van der Waals surface area contributed by atoms with Crippen LogP contribution in [-0.4, -0.2) is 44.3 Å². The van der Waals surface area contributed by atoms with Crippen LogP contribution >= 0.6 is 23.4 Å². The number of amides is 3. The molecule has 0 saturated heterocycles. The molecule has 0 aliphatic heterocycles. The van der Waals surface area contributed by atoms with E-state index in [9.17, 15) is 14.4 Å². The van der Waals surface area contributed by atoms with Gasteiger partial charge in [0.25, 0.3) is 11.8 Å². The molecule has 0 bridgehead atoms. The van der Waals surface area contributed by atoms with Gasteiger partial charge in [0, 0.05) is 38.5 Å². The lowest BCUT2D eigenvalue weighted by Crippen LogP contribution is -2.30.